The van der Waals surface area contributed by atoms with E-state index >= 15 is 0 Å². The lowest BCUT2D eigenvalue weighted by Gasteiger charge is -2.18. The molecule has 0 spiro atoms. The highest BCUT2D eigenvalue weighted by molar-refractivity contribution is 7.17. The van der Waals surface area contributed by atoms with E-state index in [0.29, 0.717) is 25.6 Å². The lowest BCUT2D eigenvalue weighted by Crippen LogP contribution is -2.15. The number of thiophene rings is 1. The van der Waals surface area contributed by atoms with Crippen molar-refractivity contribution >= 4 is 27.4 Å². The fourth-order valence-electron chi connectivity index (χ4n) is 2.72. The highest BCUT2D eigenvalue weighted by atomic mass is 32.1. The van der Waals surface area contributed by atoms with Crippen molar-refractivity contribution in [3.8, 4) is 11.5 Å². The minimum Gasteiger partial charge on any atom is -0.486 e. The molecule has 0 N–H and O–H groups in total. The maximum absolute atomic E-state index is 12.1. The molecule has 24 heavy (non-hydrogen) atoms. The van der Waals surface area contributed by atoms with Gasteiger partial charge in [-0.05, 0) is 34.5 Å². The van der Waals surface area contributed by atoms with Crippen LogP contribution >= 0.6 is 11.3 Å². The molecule has 0 aliphatic carbocycles. The zero-order chi connectivity index (χ0) is 16.4. The molecular formula is C19H16O4S. The van der Waals surface area contributed by atoms with Gasteiger partial charge in [-0.15, -0.1) is 11.3 Å². The summed E-state index contributed by atoms with van der Waals surface area (Å²) in [7, 11) is 0. The summed E-state index contributed by atoms with van der Waals surface area (Å²) in [6.45, 7) is 1.39. The van der Waals surface area contributed by atoms with E-state index in [-0.39, 0.29) is 12.4 Å². The van der Waals surface area contributed by atoms with E-state index in [1.807, 2.05) is 35.7 Å². The fourth-order valence-corrected chi connectivity index (χ4v) is 3.67. The number of ether oxygens (including phenoxy) is 3. The Hall–Kier alpha value is -2.53. The minimum atomic E-state index is -0.248. The average Bonchev–Trinajstić information content (AvgIpc) is 3.03. The van der Waals surface area contributed by atoms with Crippen molar-refractivity contribution in [3.63, 3.8) is 0 Å². The quantitative estimate of drug-likeness (QED) is 0.675. The first kappa shape index (κ1) is 15.0. The second-order valence-electron chi connectivity index (χ2n) is 5.57. The second kappa shape index (κ2) is 6.53. The van der Waals surface area contributed by atoms with Gasteiger partial charge in [0.25, 0.3) is 0 Å². The third-order valence-corrected chi connectivity index (χ3v) is 4.92. The number of carbonyl (C=O) groups excluding carboxylic acids is 1. The van der Waals surface area contributed by atoms with Gasteiger partial charge in [0, 0.05) is 10.3 Å². The number of hydrogen-bond donors (Lipinski definition) is 0. The molecule has 0 atom stereocenters. The van der Waals surface area contributed by atoms with Crippen molar-refractivity contribution in [1.82, 2.24) is 0 Å². The Morgan fingerprint density at radius 2 is 1.92 bits per heavy atom. The van der Waals surface area contributed by atoms with Gasteiger partial charge in [-0.2, -0.15) is 0 Å². The summed E-state index contributed by atoms with van der Waals surface area (Å²) in [6.07, 6.45) is 0.221. The molecule has 1 aromatic heterocycles. The summed E-state index contributed by atoms with van der Waals surface area (Å²) in [5.41, 5.74) is 1.91. The maximum Gasteiger partial charge on any atom is 0.310 e. The van der Waals surface area contributed by atoms with E-state index in [1.165, 1.54) is 4.70 Å². The second-order valence-corrected chi connectivity index (χ2v) is 6.48. The molecule has 2 aromatic carbocycles. The Morgan fingerprint density at radius 1 is 1.08 bits per heavy atom. The Labute approximate surface area is 143 Å². The van der Waals surface area contributed by atoms with Crippen molar-refractivity contribution < 1.29 is 19.0 Å². The lowest BCUT2D eigenvalue weighted by molar-refractivity contribution is -0.144. The van der Waals surface area contributed by atoms with Gasteiger partial charge in [-0.3, -0.25) is 4.79 Å². The predicted octanol–water partition coefficient (Wildman–Crippen LogP) is 3.96. The van der Waals surface area contributed by atoms with Gasteiger partial charge in [-0.25, -0.2) is 0 Å². The van der Waals surface area contributed by atoms with E-state index in [1.54, 1.807) is 11.3 Å². The van der Waals surface area contributed by atoms with E-state index < -0.39 is 0 Å². The molecule has 0 fully saturated rings. The van der Waals surface area contributed by atoms with Gasteiger partial charge >= 0.3 is 5.97 Å². The van der Waals surface area contributed by atoms with Crippen LogP contribution in [0.4, 0.5) is 0 Å². The molecule has 0 saturated heterocycles. The molecule has 2 heterocycles. The molecule has 0 amide bonds. The van der Waals surface area contributed by atoms with Gasteiger partial charge in [0.2, 0.25) is 0 Å². The number of fused-ring (bicyclic) bond motifs is 2. The fraction of sp³-hybridized carbons (Fsp3) is 0.211. The van der Waals surface area contributed by atoms with Gasteiger partial charge in [0.05, 0.1) is 6.42 Å². The third kappa shape index (κ3) is 3.08. The highest BCUT2D eigenvalue weighted by Gasteiger charge is 2.14. The summed E-state index contributed by atoms with van der Waals surface area (Å²) in [6, 6.07) is 13.7. The van der Waals surface area contributed by atoms with Crippen molar-refractivity contribution in [2.45, 2.75) is 13.0 Å². The van der Waals surface area contributed by atoms with Crippen LogP contribution in [0, 0.1) is 0 Å². The standard InChI is InChI=1S/C19H16O4S/c20-19(10-13-5-6-16-17(9-13)22-8-7-21-16)23-11-14-12-24-18-4-2-1-3-15(14)18/h1-6,9,12H,7-8,10-11H2. The smallest absolute Gasteiger partial charge is 0.310 e. The maximum atomic E-state index is 12.1. The Balaban J connectivity index is 1.40. The zero-order valence-corrected chi connectivity index (χ0v) is 13.8. The summed E-state index contributed by atoms with van der Waals surface area (Å²) in [4.78, 5) is 12.1. The lowest BCUT2D eigenvalue weighted by atomic mass is 10.1. The van der Waals surface area contributed by atoms with Crippen LogP contribution in [0.3, 0.4) is 0 Å². The number of rotatable bonds is 4. The van der Waals surface area contributed by atoms with Crippen LogP contribution in [0.15, 0.2) is 47.8 Å². The van der Waals surface area contributed by atoms with Crippen LogP contribution < -0.4 is 9.47 Å². The molecular weight excluding hydrogens is 324 g/mol. The minimum absolute atomic E-state index is 0.221. The van der Waals surface area contributed by atoms with E-state index in [9.17, 15) is 4.79 Å². The molecule has 1 aliphatic heterocycles. The van der Waals surface area contributed by atoms with Gasteiger partial charge in [0.15, 0.2) is 11.5 Å². The zero-order valence-electron chi connectivity index (χ0n) is 13.0. The first-order valence-corrected chi connectivity index (χ1v) is 8.67. The molecule has 0 saturated carbocycles. The van der Waals surface area contributed by atoms with Gasteiger partial charge in [-0.1, -0.05) is 24.3 Å². The van der Waals surface area contributed by atoms with Crippen molar-refractivity contribution in [2.75, 3.05) is 13.2 Å². The van der Waals surface area contributed by atoms with Gasteiger partial charge in [0.1, 0.15) is 19.8 Å². The normalized spacial score (nSPS) is 13.0. The number of esters is 1. The van der Waals surface area contributed by atoms with Crippen LogP contribution in [-0.4, -0.2) is 19.2 Å². The molecule has 0 unspecified atom stereocenters. The van der Waals surface area contributed by atoms with Crippen LogP contribution in [0.2, 0.25) is 0 Å². The van der Waals surface area contributed by atoms with E-state index in [4.69, 9.17) is 14.2 Å². The van der Waals surface area contributed by atoms with Crippen molar-refractivity contribution in [2.24, 2.45) is 0 Å². The molecule has 1 aliphatic rings. The van der Waals surface area contributed by atoms with Crippen LogP contribution in [-0.2, 0) is 22.6 Å². The van der Waals surface area contributed by atoms with Crippen LogP contribution in [0.1, 0.15) is 11.1 Å². The van der Waals surface area contributed by atoms with Crippen LogP contribution in [0.25, 0.3) is 10.1 Å². The Morgan fingerprint density at radius 3 is 2.83 bits per heavy atom. The summed E-state index contributed by atoms with van der Waals surface area (Å²) in [5.74, 6) is 1.17. The molecule has 122 valence electrons. The average molecular weight is 340 g/mol. The summed E-state index contributed by atoms with van der Waals surface area (Å²) >= 11 is 1.66. The summed E-state index contributed by atoms with van der Waals surface area (Å²) in [5, 5.41) is 3.19. The SMILES string of the molecule is O=C(Cc1ccc2c(c1)OCCO2)OCc1csc2ccccc12. The molecule has 4 rings (SSSR count). The van der Waals surface area contributed by atoms with Crippen LogP contribution in [0.5, 0.6) is 11.5 Å². The topological polar surface area (TPSA) is 44.8 Å². The first-order valence-electron chi connectivity index (χ1n) is 7.79. The van der Waals surface area contributed by atoms with Gasteiger partial charge < -0.3 is 14.2 Å². The predicted molar refractivity (Wildman–Crippen MR) is 92.8 cm³/mol. The number of benzene rings is 2. The molecule has 0 bridgehead atoms. The van der Waals surface area contributed by atoms with Crippen molar-refractivity contribution in [1.29, 1.82) is 0 Å². The first-order chi connectivity index (χ1) is 11.8. The molecule has 3 aromatic rings. The Bertz CT molecular complexity index is 884. The third-order valence-electron chi connectivity index (χ3n) is 3.90. The highest BCUT2D eigenvalue weighted by Crippen LogP contribution is 2.31. The molecule has 5 heteroatoms. The number of hydrogen-bond acceptors (Lipinski definition) is 5. The van der Waals surface area contributed by atoms with E-state index in [0.717, 1.165) is 22.3 Å². The molecule has 0 radical (unpaired) electrons. The Kier molecular flexibility index (Phi) is 4.09. The molecule has 4 nitrogen and oxygen atoms in total. The van der Waals surface area contributed by atoms with E-state index in [2.05, 4.69) is 12.1 Å². The largest absolute Gasteiger partial charge is 0.486 e. The van der Waals surface area contributed by atoms with Crippen molar-refractivity contribution in [3.05, 3.63) is 59.0 Å². The number of carbonyl (C=O) groups is 1. The summed E-state index contributed by atoms with van der Waals surface area (Å²) < 4.78 is 17.7. The monoisotopic (exact) mass is 340 g/mol.